The van der Waals surface area contributed by atoms with Crippen molar-refractivity contribution in [2.24, 2.45) is 0 Å². The zero-order chi connectivity index (χ0) is 28.2. The molecule has 1 aromatic heterocycles. The highest BCUT2D eigenvalue weighted by Crippen LogP contribution is 2.31. The number of aryl methyl sites for hydroxylation is 1. The summed E-state index contributed by atoms with van der Waals surface area (Å²) in [5.74, 6) is -0.239. The third-order valence-corrected chi connectivity index (χ3v) is 8.09. The fourth-order valence-electron chi connectivity index (χ4n) is 3.95. The fourth-order valence-corrected chi connectivity index (χ4v) is 5.59. The van der Waals surface area contributed by atoms with Crippen LogP contribution in [0.4, 0.5) is 11.4 Å². The molecule has 0 aliphatic rings. The molecule has 39 heavy (non-hydrogen) atoms. The Hall–Kier alpha value is -4.44. The first-order valence-electron chi connectivity index (χ1n) is 12.2. The Morgan fingerprint density at radius 3 is 2.33 bits per heavy atom. The van der Waals surface area contributed by atoms with Crippen molar-refractivity contribution >= 4 is 44.1 Å². The first-order valence-corrected chi connectivity index (χ1v) is 13.7. The molecule has 3 aromatic carbocycles. The number of likely N-dealkylation sites (N-methyl/N-ethyl adjacent to an activating group) is 1. The highest BCUT2D eigenvalue weighted by atomic mass is 32.2. The molecule has 0 fully saturated rings. The number of nitrogens with zero attached hydrogens (tertiary/aromatic N) is 3. The van der Waals surface area contributed by atoms with Crippen LogP contribution in [-0.4, -0.2) is 57.4 Å². The number of aromatic nitrogens is 1. The molecular formula is C29H30N4O5S. The third-order valence-electron chi connectivity index (χ3n) is 6.29. The van der Waals surface area contributed by atoms with E-state index in [4.69, 9.17) is 4.74 Å². The van der Waals surface area contributed by atoms with Gasteiger partial charge in [-0.05, 0) is 67.4 Å². The monoisotopic (exact) mass is 546 g/mol. The van der Waals surface area contributed by atoms with Gasteiger partial charge in [0.1, 0.15) is 17.2 Å². The van der Waals surface area contributed by atoms with Crippen LogP contribution in [0.1, 0.15) is 11.1 Å². The minimum Gasteiger partial charge on any atom is -0.484 e. The standard InChI is InChI=1S/C29H30N4O5S/c1-20-8-5-11-25(21(20)2)33(39(36,37)26-12-6-9-22-10-7-17-30-29(22)26)18-27(34)31-23-13-15-24(16-14-23)38-19-28(35)32(3)4/h5-17H,18-19H2,1-4H3,(H,31,34). The molecule has 4 aromatic rings. The number of carbonyl (C=O) groups excluding carboxylic acids is 2. The Morgan fingerprint density at radius 1 is 0.923 bits per heavy atom. The van der Waals surface area contributed by atoms with Gasteiger partial charge in [0.05, 0.1) is 11.2 Å². The van der Waals surface area contributed by atoms with E-state index in [0.717, 1.165) is 15.4 Å². The molecule has 0 radical (unpaired) electrons. The van der Waals surface area contributed by atoms with Crippen molar-refractivity contribution in [2.45, 2.75) is 18.7 Å². The third kappa shape index (κ3) is 6.18. The summed E-state index contributed by atoms with van der Waals surface area (Å²) in [6, 6.07) is 20.3. The van der Waals surface area contributed by atoms with E-state index in [9.17, 15) is 18.0 Å². The highest BCUT2D eigenvalue weighted by molar-refractivity contribution is 7.93. The van der Waals surface area contributed by atoms with Gasteiger partial charge in [0.25, 0.3) is 15.9 Å². The Balaban J connectivity index is 1.62. The molecule has 0 unspecified atom stereocenters. The van der Waals surface area contributed by atoms with Gasteiger partial charge < -0.3 is 15.0 Å². The second-order valence-electron chi connectivity index (χ2n) is 9.21. The lowest BCUT2D eigenvalue weighted by Gasteiger charge is -2.26. The van der Waals surface area contributed by atoms with E-state index in [1.54, 1.807) is 81.0 Å². The van der Waals surface area contributed by atoms with E-state index >= 15 is 0 Å². The van der Waals surface area contributed by atoms with Gasteiger partial charge in [0, 0.05) is 31.4 Å². The lowest BCUT2D eigenvalue weighted by molar-refractivity contribution is -0.130. The van der Waals surface area contributed by atoms with Crippen molar-refractivity contribution in [2.75, 3.05) is 36.9 Å². The summed E-state index contributed by atoms with van der Waals surface area (Å²) in [7, 11) is -0.899. The molecule has 1 N–H and O–H groups in total. The number of amides is 2. The molecular weight excluding hydrogens is 516 g/mol. The predicted octanol–water partition coefficient (Wildman–Crippen LogP) is 4.15. The zero-order valence-electron chi connectivity index (χ0n) is 22.2. The molecule has 9 nitrogen and oxygen atoms in total. The van der Waals surface area contributed by atoms with Crippen molar-refractivity contribution in [1.82, 2.24) is 9.88 Å². The molecule has 0 aliphatic carbocycles. The molecule has 0 aliphatic heterocycles. The number of carbonyl (C=O) groups is 2. The van der Waals surface area contributed by atoms with Crippen molar-refractivity contribution in [1.29, 1.82) is 0 Å². The van der Waals surface area contributed by atoms with Gasteiger partial charge >= 0.3 is 0 Å². The maximum atomic E-state index is 14.1. The van der Waals surface area contributed by atoms with E-state index in [0.29, 0.717) is 28.0 Å². The van der Waals surface area contributed by atoms with Crippen LogP contribution >= 0.6 is 0 Å². The lowest BCUT2D eigenvalue weighted by Crippen LogP contribution is -2.38. The number of pyridine rings is 1. The van der Waals surface area contributed by atoms with Gasteiger partial charge in [0.15, 0.2) is 6.61 Å². The van der Waals surface area contributed by atoms with Crippen LogP contribution < -0.4 is 14.4 Å². The summed E-state index contributed by atoms with van der Waals surface area (Å²) in [6.07, 6.45) is 1.54. The minimum atomic E-state index is -4.18. The van der Waals surface area contributed by atoms with Gasteiger partial charge in [-0.1, -0.05) is 30.3 Å². The molecule has 0 atom stereocenters. The first-order chi connectivity index (χ1) is 18.6. The van der Waals surface area contributed by atoms with Gasteiger partial charge in [-0.15, -0.1) is 0 Å². The van der Waals surface area contributed by atoms with Gasteiger partial charge in [-0.2, -0.15) is 0 Å². The number of ether oxygens (including phenoxy) is 1. The summed E-state index contributed by atoms with van der Waals surface area (Å²) >= 11 is 0. The number of hydrogen-bond acceptors (Lipinski definition) is 6. The first kappa shape index (κ1) is 27.6. The van der Waals surface area contributed by atoms with Crippen molar-refractivity contribution in [3.8, 4) is 5.75 Å². The van der Waals surface area contributed by atoms with Crippen molar-refractivity contribution in [3.05, 3.63) is 90.1 Å². The van der Waals surface area contributed by atoms with E-state index in [1.165, 1.54) is 11.0 Å². The maximum absolute atomic E-state index is 14.1. The Morgan fingerprint density at radius 2 is 1.62 bits per heavy atom. The lowest BCUT2D eigenvalue weighted by atomic mass is 10.1. The smallest absolute Gasteiger partial charge is 0.266 e. The number of nitrogens with one attached hydrogen (secondary N) is 1. The molecule has 2 amide bonds. The normalized spacial score (nSPS) is 11.2. The summed E-state index contributed by atoms with van der Waals surface area (Å²) in [5, 5.41) is 3.44. The number of hydrogen-bond donors (Lipinski definition) is 1. The molecule has 0 bridgehead atoms. The van der Waals surface area contributed by atoms with E-state index in [1.807, 2.05) is 19.9 Å². The summed E-state index contributed by atoms with van der Waals surface area (Å²) in [6.45, 7) is 3.15. The number of anilines is 2. The van der Waals surface area contributed by atoms with E-state index < -0.39 is 22.5 Å². The number of fused-ring (bicyclic) bond motifs is 1. The largest absolute Gasteiger partial charge is 0.484 e. The minimum absolute atomic E-state index is 0.0167. The van der Waals surface area contributed by atoms with Crippen LogP contribution in [0.3, 0.4) is 0 Å². The number of rotatable bonds is 9. The van der Waals surface area contributed by atoms with Crippen LogP contribution in [0.2, 0.25) is 0 Å². The quantitative estimate of drug-likeness (QED) is 0.338. The SMILES string of the molecule is Cc1cccc(N(CC(=O)Nc2ccc(OCC(=O)N(C)C)cc2)S(=O)(=O)c2cccc3cccnc23)c1C. The maximum Gasteiger partial charge on any atom is 0.266 e. The van der Waals surface area contributed by atoms with Crippen LogP contribution in [0, 0.1) is 13.8 Å². The Bertz CT molecular complexity index is 1610. The van der Waals surface area contributed by atoms with Gasteiger partial charge in [-0.3, -0.25) is 18.9 Å². The number of benzene rings is 3. The molecule has 0 saturated carbocycles. The summed E-state index contributed by atoms with van der Waals surface area (Å²) < 4.78 is 34.7. The van der Waals surface area contributed by atoms with Crippen LogP contribution in [0.25, 0.3) is 10.9 Å². The van der Waals surface area contributed by atoms with Gasteiger partial charge in [-0.25, -0.2) is 8.42 Å². The molecule has 202 valence electrons. The second-order valence-corrected chi connectivity index (χ2v) is 11.0. The Labute approximate surface area is 228 Å². The zero-order valence-corrected chi connectivity index (χ0v) is 23.0. The summed E-state index contributed by atoms with van der Waals surface area (Å²) in [4.78, 5) is 30.7. The van der Waals surface area contributed by atoms with Crippen molar-refractivity contribution in [3.63, 3.8) is 0 Å². The van der Waals surface area contributed by atoms with E-state index in [2.05, 4.69) is 10.3 Å². The van der Waals surface area contributed by atoms with Gasteiger partial charge in [0.2, 0.25) is 5.91 Å². The average molecular weight is 547 g/mol. The molecule has 0 saturated heterocycles. The number of para-hydroxylation sites is 1. The molecule has 4 rings (SSSR count). The molecule has 0 spiro atoms. The fraction of sp³-hybridized carbons (Fsp3) is 0.207. The second kappa shape index (κ2) is 11.5. The predicted molar refractivity (Wildman–Crippen MR) is 151 cm³/mol. The topological polar surface area (TPSA) is 109 Å². The summed E-state index contributed by atoms with van der Waals surface area (Å²) in [5.41, 5.74) is 2.84. The molecule has 10 heteroatoms. The van der Waals surface area contributed by atoms with Crippen LogP contribution in [-0.2, 0) is 19.6 Å². The average Bonchev–Trinajstić information content (AvgIpc) is 2.92. The van der Waals surface area contributed by atoms with Crippen LogP contribution in [0.5, 0.6) is 5.75 Å². The highest BCUT2D eigenvalue weighted by Gasteiger charge is 2.30. The Kier molecular flexibility index (Phi) is 8.15. The van der Waals surface area contributed by atoms with Crippen LogP contribution in [0.15, 0.2) is 83.9 Å². The van der Waals surface area contributed by atoms with Crippen molar-refractivity contribution < 1.29 is 22.7 Å². The molecule has 1 heterocycles. The number of sulfonamides is 1. The van der Waals surface area contributed by atoms with E-state index in [-0.39, 0.29) is 17.4 Å².